The molecule has 0 fully saturated rings. The van der Waals surface area contributed by atoms with Gasteiger partial charge in [-0.05, 0) is 47.9 Å². The molecule has 0 spiro atoms. The van der Waals surface area contributed by atoms with E-state index in [2.05, 4.69) is 15.9 Å². The van der Waals surface area contributed by atoms with Crippen LogP contribution in [0.5, 0.6) is 5.75 Å². The fourth-order valence-electron chi connectivity index (χ4n) is 2.60. The fourth-order valence-corrected chi connectivity index (χ4v) is 2.96. The highest BCUT2D eigenvalue weighted by Gasteiger charge is 2.23. The van der Waals surface area contributed by atoms with Gasteiger partial charge in [-0.3, -0.25) is 4.79 Å². The van der Waals surface area contributed by atoms with Crippen LogP contribution in [0, 0.1) is 0 Å². The third-order valence-corrected chi connectivity index (χ3v) is 4.21. The summed E-state index contributed by atoms with van der Waals surface area (Å²) in [6.45, 7) is 1.16. The van der Waals surface area contributed by atoms with Crippen molar-refractivity contribution in [1.82, 2.24) is 4.90 Å². The number of phenols is 1. The van der Waals surface area contributed by atoms with Crippen molar-refractivity contribution in [2.24, 2.45) is 0 Å². The molecular weight excluding hydrogens is 332 g/mol. The molecule has 21 heavy (non-hydrogen) atoms. The fraction of sp³-hybridized carbons (Fsp3) is 0.188. The van der Waals surface area contributed by atoms with E-state index >= 15 is 0 Å². The first-order valence-electron chi connectivity index (χ1n) is 6.69. The van der Waals surface area contributed by atoms with E-state index in [9.17, 15) is 9.90 Å². The van der Waals surface area contributed by atoms with E-state index in [0.717, 1.165) is 16.5 Å². The Hall–Kier alpha value is -2.01. The largest absolute Gasteiger partial charge is 0.507 e. The molecular formula is C16H15BrN2O2. The predicted octanol–water partition coefficient (Wildman–Crippen LogP) is 2.94. The van der Waals surface area contributed by atoms with Crippen molar-refractivity contribution < 1.29 is 9.90 Å². The molecule has 1 amide bonds. The number of hydrogen-bond acceptors (Lipinski definition) is 3. The lowest BCUT2D eigenvalue weighted by molar-refractivity contribution is 0.0731. The number of hydrogen-bond donors (Lipinski definition) is 2. The van der Waals surface area contributed by atoms with Crippen molar-refractivity contribution in [2.75, 3.05) is 12.3 Å². The van der Waals surface area contributed by atoms with Gasteiger partial charge in [0.1, 0.15) is 5.75 Å². The molecule has 4 nitrogen and oxygen atoms in total. The van der Waals surface area contributed by atoms with Gasteiger partial charge in [0.05, 0.1) is 5.56 Å². The standard InChI is InChI=1S/C16H15BrN2O2/c17-12-2-4-15(20)14(8-12)16(21)19-6-5-10-1-3-13(18)7-11(10)9-19/h1-4,7-8,20H,5-6,9,18H2. The number of nitrogens with zero attached hydrogens (tertiary/aromatic N) is 1. The molecule has 1 aliphatic rings. The average Bonchev–Trinajstić information content (AvgIpc) is 2.48. The Labute approximate surface area is 131 Å². The number of nitrogens with two attached hydrogens (primary N) is 1. The van der Waals surface area contributed by atoms with Crippen LogP contribution in [0.25, 0.3) is 0 Å². The minimum absolute atomic E-state index is 0.00146. The van der Waals surface area contributed by atoms with Crippen molar-refractivity contribution >= 4 is 27.5 Å². The summed E-state index contributed by atoms with van der Waals surface area (Å²) in [5.41, 5.74) is 9.13. The van der Waals surface area contributed by atoms with E-state index in [1.807, 2.05) is 18.2 Å². The molecule has 0 aliphatic carbocycles. The van der Waals surface area contributed by atoms with Crippen LogP contribution in [0.4, 0.5) is 5.69 Å². The Kier molecular flexibility index (Phi) is 3.59. The van der Waals surface area contributed by atoms with Crippen LogP contribution in [0.2, 0.25) is 0 Å². The molecule has 3 rings (SSSR count). The quantitative estimate of drug-likeness (QED) is 0.780. The van der Waals surface area contributed by atoms with E-state index in [1.54, 1.807) is 17.0 Å². The Morgan fingerprint density at radius 3 is 2.81 bits per heavy atom. The Balaban J connectivity index is 1.88. The number of rotatable bonds is 1. The topological polar surface area (TPSA) is 66.6 Å². The maximum Gasteiger partial charge on any atom is 0.257 e. The molecule has 0 radical (unpaired) electrons. The molecule has 108 valence electrons. The summed E-state index contributed by atoms with van der Waals surface area (Å²) in [7, 11) is 0. The number of anilines is 1. The van der Waals surface area contributed by atoms with Crippen LogP contribution in [0.1, 0.15) is 21.5 Å². The van der Waals surface area contributed by atoms with Crippen LogP contribution < -0.4 is 5.73 Å². The van der Waals surface area contributed by atoms with Gasteiger partial charge in [-0.2, -0.15) is 0 Å². The van der Waals surface area contributed by atoms with Crippen molar-refractivity contribution in [3.05, 3.63) is 57.6 Å². The third-order valence-electron chi connectivity index (χ3n) is 3.72. The summed E-state index contributed by atoms with van der Waals surface area (Å²) >= 11 is 3.33. The monoisotopic (exact) mass is 346 g/mol. The number of fused-ring (bicyclic) bond motifs is 1. The van der Waals surface area contributed by atoms with Crippen molar-refractivity contribution in [2.45, 2.75) is 13.0 Å². The second-order valence-corrected chi connectivity index (χ2v) is 6.08. The van der Waals surface area contributed by atoms with Gasteiger partial charge >= 0.3 is 0 Å². The summed E-state index contributed by atoms with van der Waals surface area (Å²) in [5.74, 6) is -0.163. The van der Waals surface area contributed by atoms with Gasteiger partial charge in [-0.15, -0.1) is 0 Å². The summed E-state index contributed by atoms with van der Waals surface area (Å²) in [5, 5.41) is 9.89. The Morgan fingerprint density at radius 2 is 2.00 bits per heavy atom. The van der Waals surface area contributed by atoms with Crippen LogP contribution in [0.3, 0.4) is 0 Å². The first-order valence-corrected chi connectivity index (χ1v) is 7.49. The van der Waals surface area contributed by atoms with Crippen molar-refractivity contribution in [1.29, 1.82) is 0 Å². The zero-order valence-corrected chi connectivity index (χ0v) is 12.9. The highest BCUT2D eigenvalue weighted by molar-refractivity contribution is 9.10. The van der Waals surface area contributed by atoms with Crippen LogP contribution in [0.15, 0.2) is 40.9 Å². The molecule has 1 heterocycles. The van der Waals surface area contributed by atoms with Gasteiger partial charge in [0.15, 0.2) is 0 Å². The first-order chi connectivity index (χ1) is 10.0. The van der Waals surface area contributed by atoms with E-state index in [1.165, 1.54) is 11.6 Å². The molecule has 3 N–H and O–H groups in total. The highest BCUT2D eigenvalue weighted by atomic mass is 79.9. The molecule has 0 bridgehead atoms. The van der Waals surface area contributed by atoms with Crippen LogP contribution in [-0.4, -0.2) is 22.5 Å². The van der Waals surface area contributed by atoms with Gasteiger partial charge in [0, 0.05) is 23.2 Å². The molecule has 2 aromatic carbocycles. The van der Waals surface area contributed by atoms with Crippen LogP contribution >= 0.6 is 15.9 Å². The average molecular weight is 347 g/mol. The summed E-state index contributed by atoms with van der Waals surface area (Å²) < 4.78 is 0.769. The van der Waals surface area contributed by atoms with Gasteiger partial charge in [-0.25, -0.2) is 0 Å². The molecule has 0 atom stereocenters. The van der Waals surface area contributed by atoms with Gasteiger partial charge in [0.25, 0.3) is 5.91 Å². The number of phenolic OH excluding ortho intramolecular Hbond substituents is 1. The number of carbonyl (C=O) groups excluding carboxylic acids is 1. The number of amides is 1. The number of benzene rings is 2. The second kappa shape index (κ2) is 5.41. The van der Waals surface area contributed by atoms with E-state index in [-0.39, 0.29) is 11.7 Å². The van der Waals surface area contributed by atoms with Gasteiger partial charge in [-0.1, -0.05) is 22.0 Å². The number of aromatic hydroxyl groups is 1. The van der Waals surface area contributed by atoms with Gasteiger partial charge in [0.2, 0.25) is 0 Å². The molecule has 0 saturated heterocycles. The predicted molar refractivity (Wildman–Crippen MR) is 85.1 cm³/mol. The molecule has 2 aromatic rings. The molecule has 0 unspecified atom stereocenters. The van der Waals surface area contributed by atoms with Crippen molar-refractivity contribution in [3.63, 3.8) is 0 Å². The van der Waals surface area contributed by atoms with Crippen LogP contribution in [-0.2, 0) is 13.0 Å². The number of halogens is 1. The summed E-state index contributed by atoms with van der Waals surface area (Å²) in [4.78, 5) is 14.3. The highest BCUT2D eigenvalue weighted by Crippen LogP contribution is 2.27. The molecule has 0 aromatic heterocycles. The maximum atomic E-state index is 12.6. The third kappa shape index (κ3) is 2.74. The van der Waals surface area contributed by atoms with E-state index in [4.69, 9.17) is 5.73 Å². The lowest BCUT2D eigenvalue weighted by Gasteiger charge is -2.29. The summed E-state index contributed by atoms with van der Waals surface area (Å²) in [6, 6.07) is 10.7. The summed E-state index contributed by atoms with van der Waals surface area (Å²) in [6.07, 6.45) is 0.802. The zero-order valence-electron chi connectivity index (χ0n) is 11.3. The smallest absolute Gasteiger partial charge is 0.257 e. The lowest BCUT2D eigenvalue weighted by Crippen LogP contribution is -2.36. The zero-order chi connectivity index (χ0) is 15.0. The van der Waals surface area contributed by atoms with Crippen molar-refractivity contribution in [3.8, 4) is 5.75 Å². The molecule has 0 saturated carbocycles. The Morgan fingerprint density at radius 1 is 1.19 bits per heavy atom. The maximum absolute atomic E-state index is 12.6. The van der Waals surface area contributed by atoms with E-state index < -0.39 is 0 Å². The minimum Gasteiger partial charge on any atom is -0.507 e. The number of nitrogen functional groups attached to an aromatic ring is 1. The van der Waals surface area contributed by atoms with E-state index in [0.29, 0.717) is 24.3 Å². The lowest BCUT2D eigenvalue weighted by atomic mass is 9.98. The SMILES string of the molecule is Nc1ccc2c(c1)CN(C(=O)c1cc(Br)ccc1O)CC2. The molecule has 5 heteroatoms. The minimum atomic E-state index is -0.165. The first kappa shape index (κ1) is 13.9. The Bertz CT molecular complexity index is 715. The second-order valence-electron chi connectivity index (χ2n) is 5.17. The number of carbonyl (C=O) groups is 1. The normalized spacial score (nSPS) is 13.9. The molecule has 1 aliphatic heterocycles. The van der Waals surface area contributed by atoms with Gasteiger partial charge < -0.3 is 15.7 Å².